The summed E-state index contributed by atoms with van der Waals surface area (Å²) in [7, 11) is 1.53. The molecule has 0 saturated heterocycles. The predicted octanol–water partition coefficient (Wildman–Crippen LogP) is 5.90. The number of aliphatic imine (C=N–C) groups is 1. The number of rotatable bonds is 8. The maximum Gasteiger partial charge on any atom is 0.416 e. The number of ether oxygens (including phenoxy) is 1. The highest BCUT2D eigenvalue weighted by Gasteiger charge is 2.34. The first kappa shape index (κ1) is 30.7. The predicted molar refractivity (Wildman–Crippen MR) is 144 cm³/mol. The number of alkyl halides is 3. The van der Waals surface area contributed by atoms with Gasteiger partial charge in [0.1, 0.15) is 9.94 Å². The molecule has 0 radical (unpaired) electrons. The minimum atomic E-state index is -4.58. The lowest BCUT2D eigenvalue weighted by Gasteiger charge is -2.23. The SMILES string of the molecule is CN=C(C(Br)=CN)c1cc(C(=O)N[C@H](CNC(=O)OC(C)(C)C)Cc2ccccc2C(F)(F)F)sc1Cl. The van der Waals surface area contributed by atoms with Crippen molar-refractivity contribution in [3.05, 3.63) is 66.9 Å². The summed E-state index contributed by atoms with van der Waals surface area (Å²) < 4.78 is 46.6. The standard InChI is InChI=1S/C24H27BrClF3N4O3S/c1-23(2,3)36-22(35)32-12-14(9-13-7-5-6-8-16(13)24(27,28)29)33-21(34)18-10-15(20(26)37-18)19(31-4)17(25)11-30/h5-8,10-11,14H,9,12,30H2,1-4H3,(H,32,35)(H,33,34)/t14-/m0/s1. The first-order chi connectivity index (χ1) is 17.2. The summed E-state index contributed by atoms with van der Waals surface area (Å²) in [6.07, 6.45) is -4.27. The van der Waals surface area contributed by atoms with Gasteiger partial charge in [-0.2, -0.15) is 13.2 Å². The van der Waals surface area contributed by atoms with Crippen LogP contribution in [0.1, 0.15) is 47.1 Å². The number of carbonyl (C=O) groups is 2. The van der Waals surface area contributed by atoms with Crippen molar-refractivity contribution in [1.29, 1.82) is 0 Å². The zero-order valence-electron chi connectivity index (χ0n) is 20.5. The Morgan fingerprint density at radius 3 is 2.49 bits per heavy atom. The normalized spacial score (nSPS) is 13.8. The monoisotopic (exact) mass is 622 g/mol. The summed E-state index contributed by atoms with van der Waals surface area (Å²) in [6.45, 7) is 4.85. The summed E-state index contributed by atoms with van der Waals surface area (Å²) in [6, 6.07) is 5.67. The summed E-state index contributed by atoms with van der Waals surface area (Å²) >= 11 is 10.6. The van der Waals surface area contributed by atoms with Crippen molar-refractivity contribution >= 4 is 56.6 Å². The van der Waals surface area contributed by atoms with E-state index in [2.05, 4.69) is 31.6 Å². The molecular formula is C24H27BrClF3N4O3S. The molecule has 1 heterocycles. The quantitative estimate of drug-likeness (QED) is 0.319. The third-order valence-electron chi connectivity index (χ3n) is 4.78. The minimum Gasteiger partial charge on any atom is -0.444 e. The highest BCUT2D eigenvalue weighted by Crippen LogP contribution is 2.33. The number of allylic oxidation sites excluding steroid dienone is 1. The van der Waals surface area contributed by atoms with Gasteiger partial charge in [-0.15, -0.1) is 11.3 Å². The molecule has 7 nitrogen and oxygen atoms in total. The van der Waals surface area contributed by atoms with Gasteiger partial charge in [0.15, 0.2) is 0 Å². The largest absolute Gasteiger partial charge is 0.444 e. The van der Waals surface area contributed by atoms with Crippen molar-refractivity contribution in [2.75, 3.05) is 13.6 Å². The third kappa shape index (κ3) is 9.04. The fourth-order valence-corrected chi connectivity index (χ4v) is 4.84. The number of hydrogen-bond acceptors (Lipinski definition) is 6. The smallest absolute Gasteiger partial charge is 0.416 e. The van der Waals surface area contributed by atoms with Gasteiger partial charge in [-0.3, -0.25) is 9.79 Å². The second-order valence-corrected chi connectivity index (χ2v) is 11.3. The Morgan fingerprint density at radius 1 is 1.27 bits per heavy atom. The molecule has 2 aromatic rings. The molecule has 202 valence electrons. The van der Waals surface area contributed by atoms with Crippen LogP contribution in [0.15, 0.2) is 46.0 Å². The number of nitrogens with two attached hydrogens (primary N) is 1. The van der Waals surface area contributed by atoms with E-state index in [0.29, 0.717) is 15.8 Å². The van der Waals surface area contributed by atoms with Crippen molar-refractivity contribution in [1.82, 2.24) is 10.6 Å². The van der Waals surface area contributed by atoms with E-state index < -0.39 is 35.4 Å². The summed E-state index contributed by atoms with van der Waals surface area (Å²) in [4.78, 5) is 29.6. The molecule has 0 aliphatic heterocycles. The number of carbonyl (C=O) groups excluding carboxylic acids is 2. The lowest BCUT2D eigenvalue weighted by atomic mass is 9.99. The molecule has 4 N–H and O–H groups in total. The van der Waals surface area contributed by atoms with Crippen molar-refractivity contribution in [3.8, 4) is 0 Å². The van der Waals surface area contributed by atoms with Crippen LogP contribution in [-0.4, -0.2) is 42.9 Å². The van der Waals surface area contributed by atoms with E-state index in [9.17, 15) is 22.8 Å². The molecule has 0 saturated carbocycles. The number of halogens is 5. The van der Waals surface area contributed by atoms with Gasteiger partial charge in [-0.1, -0.05) is 29.8 Å². The summed E-state index contributed by atoms with van der Waals surface area (Å²) in [5.74, 6) is -0.582. The number of benzene rings is 1. The van der Waals surface area contributed by atoms with E-state index in [1.165, 1.54) is 37.5 Å². The van der Waals surface area contributed by atoms with Gasteiger partial charge in [0.05, 0.1) is 26.7 Å². The zero-order valence-corrected chi connectivity index (χ0v) is 23.7. The van der Waals surface area contributed by atoms with Crippen LogP contribution in [0, 0.1) is 0 Å². The van der Waals surface area contributed by atoms with Crippen LogP contribution < -0.4 is 16.4 Å². The average Bonchev–Trinajstić information content (AvgIpc) is 3.17. The molecule has 1 aromatic heterocycles. The molecule has 0 bridgehead atoms. The molecule has 0 aliphatic carbocycles. The Balaban J connectivity index is 2.32. The van der Waals surface area contributed by atoms with E-state index in [1.54, 1.807) is 20.8 Å². The number of nitrogens with one attached hydrogen (secondary N) is 2. The number of alkyl carbamates (subject to hydrolysis) is 1. The highest BCUT2D eigenvalue weighted by atomic mass is 79.9. The minimum absolute atomic E-state index is 0.0337. The van der Waals surface area contributed by atoms with Crippen molar-refractivity contribution in [2.24, 2.45) is 10.7 Å². The second-order valence-electron chi connectivity index (χ2n) is 8.80. The zero-order chi connectivity index (χ0) is 28.0. The first-order valence-corrected chi connectivity index (χ1v) is 12.9. The molecule has 37 heavy (non-hydrogen) atoms. The van der Waals surface area contributed by atoms with Crippen LogP contribution in [0.3, 0.4) is 0 Å². The van der Waals surface area contributed by atoms with Crippen LogP contribution in [0.5, 0.6) is 0 Å². The summed E-state index contributed by atoms with van der Waals surface area (Å²) in [5, 5.41) is 5.22. The van der Waals surface area contributed by atoms with Gasteiger partial charge >= 0.3 is 12.3 Å². The lowest BCUT2D eigenvalue weighted by Crippen LogP contribution is -2.46. The molecule has 0 aliphatic rings. The van der Waals surface area contributed by atoms with E-state index >= 15 is 0 Å². The van der Waals surface area contributed by atoms with E-state index in [4.69, 9.17) is 22.1 Å². The topological polar surface area (TPSA) is 106 Å². The summed E-state index contributed by atoms with van der Waals surface area (Å²) in [5.41, 5.74) is 4.79. The molecule has 1 atom stereocenters. The van der Waals surface area contributed by atoms with Crippen LogP contribution in [0.25, 0.3) is 0 Å². The van der Waals surface area contributed by atoms with Gasteiger partial charge in [-0.05, 0) is 60.8 Å². The maximum absolute atomic E-state index is 13.6. The maximum atomic E-state index is 13.6. The van der Waals surface area contributed by atoms with Crippen molar-refractivity contribution in [3.63, 3.8) is 0 Å². The van der Waals surface area contributed by atoms with Gasteiger partial charge in [0.25, 0.3) is 5.91 Å². The van der Waals surface area contributed by atoms with E-state index in [-0.39, 0.29) is 27.7 Å². The molecule has 0 fully saturated rings. The average molecular weight is 624 g/mol. The van der Waals surface area contributed by atoms with Gasteiger partial charge in [0.2, 0.25) is 0 Å². The Kier molecular flexibility index (Phi) is 10.6. The first-order valence-electron chi connectivity index (χ1n) is 10.9. The molecule has 13 heteroatoms. The van der Waals surface area contributed by atoms with Gasteiger partial charge in [0, 0.05) is 25.4 Å². The highest BCUT2D eigenvalue weighted by molar-refractivity contribution is 9.12. The molecule has 2 amide bonds. The Labute approximate surface area is 230 Å². The molecule has 0 spiro atoms. The van der Waals surface area contributed by atoms with E-state index in [0.717, 1.165) is 17.4 Å². The third-order valence-corrected chi connectivity index (χ3v) is 6.78. The second kappa shape index (κ2) is 12.8. The fraction of sp³-hybridized carbons (Fsp3) is 0.375. The van der Waals surface area contributed by atoms with E-state index in [1.807, 2.05) is 0 Å². The number of thiophene rings is 1. The van der Waals surface area contributed by atoms with Crippen LogP contribution in [0.2, 0.25) is 4.34 Å². The Morgan fingerprint density at radius 2 is 1.92 bits per heavy atom. The number of nitrogens with zero attached hydrogens (tertiary/aromatic N) is 1. The van der Waals surface area contributed by atoms with Gasteiger partial charge < -0.3 is 21.1 Å². The molecule has 0 unspecified atom stereocenters. The Hall–Kier alpha value is -2.57. The lowest BCUT2D eigenvalue weighted by molar-refractivity contribution is -0.138. The van der Waals surface area contributed by atoms with Gasteiger partial charge in [-0.25, -0.2) is 4.79 Å². The van der Waals surface area contributed by atoms with Crippen LogP contribution in [0.4, 0.5) is 18.0 Å². The fourth-order valence-electron chi connectivity index (χ4n) is 3.27. The number of amides is 2. The van der Waals surface area contributed by atoms with Crippen molar-refractivity contribution in [2.45, 2.75) is 45.0 Å². The van der Waals surface area contributed by atoms with Crippen molar-refractivity contribution < 1.29 is 27.5 Å². The molecule has 2 rings (SSSR count). The number of hydrogen-bond donors (Lipinski definition) is 3. The molecule has 1 aromatic carbocycles. The van der Waals surface area contributed by atoms with Crippen LogP contribution in [-0.2, 0) is 17.3 Å². The van der Waals surface area contributed by atoms with Crippen LogP contribution >= 0.6 is 38.9 Å². The Bertz CT molecular complexity index is 1190. The molecular weight excluding hydrogens is 597 g/mol.